The van der Waals surface area contributed by atoms with Crippen molar-refractivity contribution in [3.63, 3.8) is 0 Å². The van der Waals surface area contributed by atoms with Crippen LogP contribution in [0.15, 0.2) is 29.8 Å². The molecule has 1 aromatic carbocycles. The van der Waals surface area contributed by atoms with Crippen LogP contribution in [0.5, 0.6) is 0 Å². The van der Waals surface area contributed by atoms with E-state index >= 15 is 0 Å². The quantitative estimate of drug-likeness (QED) is 0.464. The number of rotatable bonds is 2. The molecule has 3 rings (SSSR count). The van der Waals surface area contributed by atoms with E-state index in [0.717, 1.165) is 11.6 Å². The van der Waals surface area contributed by atoms with E-state index in [2.05, 4.69) is 24.3 Å². The van der Waals surface area contributed by atoms with E-state index in [9.17, 15) is 0 Å². The summed E-state index contributed by atoms with van der Waals surface area (Å²) in [7, 11) is 0. The van der Waals surface area contributed by atoms with Crippen LogP contribution < -0.4 is 5.73 Å². The minimum Gasteiger partial charge on any atom is -0.399 e. The minimum atomic E-state index is 0.887. The number of fused-ring (bicyclic) bond motifs is 1. The number of aryl methyl sites for hydroxylation is 2. The Labute approximate surface area is 116 Å². The predicted octanol–water partition coefficient (Wildman–Crippen LogP) is 4.65. The van der Waals surface area contributed by atoms with Crippen molar-refractivity contribution in [1.82, 2.24) is 0 Å². The van der Waals surface area contributed by atoms with Crippen molar-refractivity contribution in [3.8, 4) is 0 Å². The maximum atomic E-state index is 5.91. The fourth-order valence-electron chi connectivity index (χ4n) is 3.65. The van der Waals surface area contributed by atoms with E-state index in [-0.39, 0.29) is 0 Å². The summed E-state index contributed by atoms with van der Waals surface area (Å²) in [5.74, 6) is 0.887. The summed E-state index contributed by atoms with van der Waals surface area (Å²) in [6.45, 7) is 0. The molecule has 0 fully saturated rings. The van der Waals surface area contributed by atoms with Gasteiger partial charge in [-0.3, -0.25) is 0 Å². The van der Waals surface area contributed by atoms with Gasteiger partial charge < -0.3 is 5.73 Å². The molecule has 1 aromatic rings. The number of hydrogen-bond donors (Lipinski definition) is 1. The van der Waals surface area contributed by atoms with E-state index in [0.29, 0.717) is 0 Å². The first-order valence-corrected chi connectivity index (χ1v) is 7.86. The lowest BCUT2D eigenvalue weighted by atomic mass is 9.87. The van der Waals surface area contributed by atoms with Gasteiger partial charge >= 0.3 is 0 Å². The van der Waals surface area contributed by atoms with Crippen LogP contribution in [0.1, 0.15) is 56.1 Å². The molecule has 0 spiro atoms. The summed E-state index contributed by atoms with van der Waals surface area (Å²) >= 11 is 0. The minimum absolute atomic E-state index is 0.887. The van der Waals surface area contributed by atoms with Crippen LogP contribution in [0, 0.1) is 5.92 Å². The Morgan fingerprint density at radius 1 is 1.00 bits per heavy atom. The molecule has 1 atom stereocenters. The largest absolute Gasteiger partial charge is 0.399 e. The maximum absolute atomic E-state index is 5.91. The van der Waals surface area contributed by atoms with Gasteiger partial charge in [0.2, 0.25) is 0 Å². The normalized spacial score (nSPS) is 23.4. The summed E-state index contributed by atoms with van der Waals surface area (Å²) in [6, 6.07) is 6.49. The Morgan fingerprint density at radius 3 is 2.63 bits per heavy atom. The summed E-state index contributed by atoms with van der Waals surface area (Å²) in [6.07, 6.45) is 14.5. The van der Waals surface area contributed by atoms with Crippen LogP contribution in [0.3, 0.4) is 0 Å². The number of nitrogen functional groups attached to an aromatic ring is 1. The Kier molecular flexibility index (Phi) is 3.91. The fourth-order valence-corrected chi connectivity index (χ4v) is 3.65. The molecule has 0 saturated heterocycles. The first-order chi connectivity index (χ1) is 9.31. The molecule has 0 aromatic heterocycles. The summed E-state index contributed by atoms with van der Waals surface area (Å²) in [5, 5.41) is 0. The van der Waals surface area contributed by atoms with E-state index in [1.54, 1.807) is 5.57 Å². The fraction of sp³-hybridized carbons (Fsp3) is 0.556. The second-order valence-corrected chi connectivity index (χ2v) is 6.28. The van der Waals surface area contributed by atoms with Gasteiger partial charge in [0.1, 0.15) is 0 Å². The van der Waals surface area contributed by atoms with E-state index in [4.69, 9.17) is 5.73 Å². The van der Waals surface area contributed by atoms with Crippen molar-refractivity contribution in [2.75, 3.05) is 5.73 Å². The molecule has 2 N–H and O–H groups in total. The van der Waals surface area contributed by atoms with Gasteiger partial charge in [-0.1, -0.05) is 17.7 Å². The highest BCUT2D eigenvalue weighted by Crippen LogP contribution is 2.32. The van der Waals surface area contributed by atoms with Crippen LogP contribution in [0.2, 0.25) is 0 Å². The molecule has 1 nitrogen and oxygen atoms in total. The second kappa shape index (κ2) is 5.81. The summed E-state index contributed by atoms with van der Waals surface area (Å²) in [4.78, 5) is 0. The Balaban J connectivity index is 1.64. The maximum Gasteiger partial charge on any atom is 0.0316 e. The van der Waals surface area contributed by atoms with Crippen molar-refractivity contribution < 1.29 is 0 Å². The zero-order chi connectivity index (χ0) is 13.1. The van der Waals surface area contributed by atoms with Crippen LogP contribution in [-0.2, 0) is 12.8 Å². The molecule has 102 valence electrons. The predicted molar refractivity (Wildman–Crippen MR) is 82.2 cm³/mol. The number of benzene rings is 1. The first kappa shape index (κ1) is 12.8. The third-order valence-corrected chi connectivity index (χ3v) is 4.81. The lowest BCUT2D eigenvalue weighted by Crippen LogP contribution is -2.04. The zero-order valence-corrected chi connectivity index (χ0v) is 11.8. The smallest absolute Gasteiger partial charge is 0.0316 e. The molecule has 0 aliphatic heterocycles. The van der Waals surface area contributed by atoms with E-state index in [1.165, 1.54) is 68.9 Å². The third kappa shape index (κ3) is 3.20. The van der Waals surface area contributed by atoms with Gasteiger partial charge in [0.15, 0.2) is 0 Å². The highest BCUT2D eigenvalue weighted by molar-refractivity contribution is 5.45. The third-order valence-electron chi connectivity index (χ3n) is 4.81. The topological polar surface area (TPSA) is 26.0 Å². The highest BCUT2D eigenvalue weighted by Gasteiger charge is 2.18. The SMILES string of the molecule is Nc1ccc2c(c1)CCC(CC1=CCCCC1)CC2. The Hall–Kier alpha value is -1.24. The molecule has 0 amide bonds. The zero-order valence-electron chi connectivity index (χ0n) is 11.8. The Morgan fingerprint density at radius 2 is 1.84 bits per heavy atom. The first-order valence-electron chi connectivity index (χ1n) is 7.86. The van der Waals surface area contributed by atoms with Crippen LogP contribution in [0.4, 0.5) is 5.69 Å². The molecule has 0 heterocycles. The molecule has 1 unspecified atom stereocenters. The number of allylic oxidation sites excluding steroid dienone is 2. The molecule has 0 saturated carbocycles. The molecule has 0 radical (unpaired) electrons. The van der Waals surface area contributed by atoms with E-state index < -0.39 is 0 Å². The van der Waals surface area contributed by atoms with Gasteiger partial charge in [0.05, 0.1) is 0 Å². The highest BCUT2D eigenvalue weighted by atomic mass is 14.5. The van der Waals surface area contributed by atoms with Gasteiger partial charge in [0.25, 0.3) is 0 Å². The number of nitrogens with two attached hydrogens (primary N) is 1. The molecule has 1 heteroatoms. The lowest BCUT2D eigenvalue weighted by Gasteiger charge is -2.19. The summed E-state index contributed by atoms with van der Waals surface area (Å²) in [5.41, 5.74) is 11.6. The van der Waals surface area contributed by atoms with Crippen molar-refractivity contribution in [2.24, 2.45) is 5.92 Å². The Bertz CT molecular complexity index is 473. The van der Waals surface area contributed by atoms with Crippen LogP contribution >= 0.6 is 0 Å². The van der Waals surface area contributed by atoms with Crippen molar-refractivity contribution in [1.29, 1.82) is 0 Å². The monoisotopic (exact) mass is 255 g/mol. The van der Waals surface area contributed by atoms with E-state index in [1.807, 2.05) is 0 Å². The van der Waals surface area contributed by atoms with Gasteiger partial charge in [-0.2, -0.15) is 0 Å². The molecular formula is C18H25N. The molecule has 19 heavy (non-hydrogen) atoms. The molecular weight excluding hydrogens is 230 g/mol. The molecule has 2 aliphatic rings. The average Bonchev–Trinajstić information content (AvgIpc) is 2.63. The van der Waals surface area contributed by atoms with Gasteiger partial charge in [-0.05, 0) is 87.0 Å². The van der Waals surface area contributed by atoms with Gasteiger partial charge in [-0.25, -0.2) is 0 Å². The number of hydrogen-bond acceptors (Lipinski definition) is 1. The molecule has 0 bridgehead atoms. The van der Waals surface area contributed by atoms with Crippen molar-refractivity contribution in [2.45, 2.75) is 57.8 Å². The van der Waals surface area contributed by atoms with Crippen molar-refractivity contribution >= 4 is 5.69 Å². The van der Waals surface area contributed by atoms with Gasteiger partial charge in [-0.15, -0.1) is 0 Å². The lowest BCUT2D eigenvalue weighted by molar-refractivity contribution is 0.448. The average molecular weight is 255 g/mol. The standard InChI is InChI=1S/C18H25N/c19-18-11-10-16-8-6-15(7-9-17(16)13-18)12-14-4-2-1-3-5-14/h4,10-11,13,15H,1-3,5-9,12,19H2. The summed E-state index contributed by atoms with van der Waals surface area (Å²) < 4.78 is 0. The number of anilines is 1. The van der Waals surface area contributed by atoms with Crippen LogP contribution in [-0.4, -0.2) is 0 Å². The van der Waals surface area contributed by atoms with Gasteiger partial charge in [0, 0.05) is 5.69 Å². The second-order valence-electron chi connectivity index (χ2n) is 6.28. The van der Waals surface area contributed by atoms with Crippen LogP contribution in [0.25, 0.3) is 0 Å². The molecule has 2 aliphatic carbocycles. The van der Waals surface area contributed by atoms with Crippen molar-refractivity contribution in [3.05, 3.63) is 41.0 Å².